The van der Waals surface area contributed by atoms with Crippen LogP contribution in [0.2, 0.25) is 0 Å². The summed E-state index contributed by atoms with van der Waals surface area (Å²) in [4.78, 5) is 17.1. The number of carbonyl (C=O) groups is 1. The Morgan fingerprint density at radius 2 is 2.24 bits per heavy atom. The first-order valence-corrected chi connectivity index (χ1v) is 9.16. The number of thioether (sulfide) groups is 1. The lowest BCUT2D eigenvalue weighted by Crippen LogP contribution is -2.18. The van der Waals surface area contributed by atoms with Gasteiger partial charge < -0.3 is 14.7 Å². The number of oxime groups is 1. The molecule has 1 saturated carbocycles. The van der Waals surface area contributed by atoms with E-state index in [1.807, 2.05) is 13.8 Å². The number of anilines is 1. The smallest absolute Gasteiger partial charge is 0.227 e. The molecule has 1 N–H and O–H groups in total. The van der Waals surface area contributed by atoms with Crippen molar-refractivity contribution in [3.8, 4) is 0 Å². The predicted molar refractivity (Wildman–Crippen MR) is 93.8 cm³/mol. The number of halogens is 1. The molecule has 6 nitrogen and oxygen atoms in total. The van der Waals surface area contributed by atoms with Crippen LogP contribution in [-0.2, 0) is 15.4 Å². The van der Waals surface area contributed by atoms with Crippen LogP contribution in [-0.4, -0.2) is 21.7 Å². The van der Waals surface area contributed by atoms with E-state index in [1.54, 1.807) is 0 Å². The molecular weight excluding hydrogens is 345 g/mol. The van der Waals surface area contributed by atoms with E-state index in [-0.39, 0.29) is 23.1 Å². The second-order valence-electron chi connectivity index (χ2n) is 7.02. The Hall–Kier alpha value is -2.09. The van der Waals surface area contributed by atoms with Crippen molar-refractivity contribution in [1.29, 1.82) is 0 Å². The molecule has 0 spiro atoms. The van der Waals surface area contributed by atoms with Crippen molar-refractivity contribution >= 4 is 39.4 Å². The van der Waals surface area contributed by atoms with Gasteiger partial charge in [0.2, 0.25) is 5.91 Å². The van der Waals surface area contributed by atoms with Crippen LogP contribution in [0.3, 0.4) is 0 Å². The molecule has 1 aliphatic carbocycles. The first-order chi connectivity index (χ1) is 11.9. The third-order valence-corrected chi connectivity index (χ3v) is 5.16. The molecule has 0 saturated heterocycles. The molecule has 1 fully saturated rings. The monoisotopic (exact) mass is 363 g/mol. The molecular formula is C17H18FN3O3S. The summed E-state index contributed by atoms with van der Waals surface area (Å²) in [7, 11) is 0. The van der Waals surface area contributed by atoms with Gasteiger partial charge in [0, 0.05) is 29.5 Å². The molecule has 0 radical (unpaired) electrons. The van der Waals surface area contributed by atoms with E-state index in [1.165, 1.54) is 23.9 Å². The molecule has 2 aromatic rings. The third kappa shape index (κ3) is 3.49. The Morgan fingerprint density at radius 3 is 2.92 bits per heavy atom. The van der Waals surface area contributed by atoms with Gasteiger partial charge in [0.25, 0.3) is 0 Å². The number of nitrogens with zero attached hydrogens (tertiary/aromatic N) is 2. The van der Waals surface area contributed by atoms with Gasteiger partial charge >= 0.3 is 0 Å². The van der Waals surface area contributed by atoms with E-state index in [0.29, 0.717) is 22.4 Å². The van der Waals surface area contributed by atoms with Crippen LogP contribution < -0.4 is 5.32 Å². The van der Waals surface area contributed by atoms with E-state index in [2.05, 4.69) is 15.6 Å². The van der Waals surface area contributed by atoms with Gasteiger partial charge in [0.15, 0.2) is 5.58 Å². The minimum absolute atomic E-state index is 0.00967. The van der Waals surface area contributed by atoms with Crippen LogP contribution in [0.25, 0.3) is 11.0 Å². The SMILES string of the molecule is CC1(C)CC(SCc2noc3cc(NC(=O)C4CC4)c(F)cc23)=NO1. The van der Waals surface area contributed by atoms with Crippen LogP contribution in [0.5, 0.6) is 0 Å². The largest absolute Gasteiger partial charge is 0.389 e. The van der Waals surface area contributed by atoms with Gasteiger partial charge in [0.1, 0.15) is 22.2 Å². The number of benzene rings is 1. The van der Waals surface area contributed by atoms with Crippen LogP contribution in [0.15, 0.2) is 21.8 Å². The van der Waals surface area contributed by atoms with E-state index >= 15 is 0 Å². The fraction of sp³-hybridized carbons (Fsp3) is 0.471. The number of aromatic nitrogens is 1. The maximum absolute atomic E-state index is 14.3. The highest BCUT2D eigenvalue weighted by molar-refractivity contribution is 8.13. The first kappa shape index (κ1) is 16.4. The first-order valence-electron chi connectivity index (χ1n) is 8.18. The Kier molecular flexibility index (Phi) is 3.94. The summed E-state index contributed by atoms with van der Waals surface area (Å²) in [5.74, 6) is -0.108. The van der Waals surface area contributed by atoms with Gasteiger partial charge in [-0.1, -0.05) is 10.3 Å². The van der Waals surface area contributed by atoms with Crippen molar-refractivity contribution in [3.05, 3.63) is 23.6 Å². The number of carbonyl (C=O) groups excluding carboxylic acids is 1. The summed E-state index contributed by atoms with van der Waals surface area (Å²) in [6, 6.07) is 2.85. The molecule has 0 bridgehead atoms. The zero-order valence-electron chi connectivity index (χ0n) is 14.0. The van der Waals surface area contributed by atoms with Gasteiger partial charge in [-0.15, -0.1) is 11.8 Å². The van der Waals surface area contributed by atoms with E-state index in [9.17, 15) is 9.18 Å². The summed E-state index contributed by atoms with van der Waals surface area (Å²) < 4.78 is 19.6. The standard InChI is InChI=1S/C17H18FN3O3S/c1-17(2)7-15(21-24-17)25-8-13-10-5-11(18)12(6-14(10)23-20-13)19-16(22)9-3-4-9/h5-6,9H,3-4,7-8H2,1-2H3,(H,19,22). The molecule has 25 heavy (non-hydrogen) atoms. The number of hydrogen-bond donors (Lipinski definition) is 1. The molecule has 8 heteroatoms. The van der Waals surface area contributed by atoms with Crippen molar-refractivity contribution < 1.29 is 18.5 Å². The molecule has 2 aliphatic rings. The van der Waals surface area contributed by atoms with Gasteiger partial charge in [-0.3, -0.25) is 4.79 Å². The summed E-state index contributed by atoms with van der Waals surface area (Å²) in [6.45, 7) is 3.95. The van der Waals surface area contributed by atoms with Gasteiger partial charge in [-0.2, -0.15) is 0 Å². The number of fused-ring (bicyclic) bond motifs is 1. The second kappa shape index (κ2) is 6.01. The Balaban J connectivity index is 1.49. The molecule has 1 amide bonds. The van der Waals surface area contributed by atoms with Gasteiger partial charge in [-0.05, 0) is 32.8 Å². The fourth-order valence-corrected chi connectivity index (χ4v) is 3.67. The highest BCUT2D eigenvalue weighted by Gasteiger charge is 2.31. The highest BCUT2D eigenvalue weighted by Crippen LogP contribution is 2.33. The molecule has 0 unspecified atom stereocenters. The number of nitrogens with one attached hydrogen (secondary N) is 1. The minimum Gasteiger partial charge on any atom is -0.389 e. The molecule has 2 heterocycles. The quantitative estimate of drug-likeness (QED) is 0.886. The fourth-order valence-electron chi connectivity index (χ4n) is 2.62. The average molecular weight is 363 g/mol. The number of hydrogen-bond acceptors (Lipinski definition) is 6. The van der Waals surface area contributed by atoms with Crippen LogP contribution in [0, 0.1) is 11.7 Å². The molecule has 132 valence electrons. The van der Waals surface area contributed by atoms with Crippen LogP contribution in [0.1, 0.15) is 38.8 Å². The number of amides is 1. The average Bonchev–Trinajstić information content (AvgIpc) is 3.26. The molecule has 1 aromatic heterocycles. The maximum atomic E-state index is 14.3. The van der Waals surface area contributed by atoms with E-state index < -0.39 is 5.82 Å². The zero-order valence-corrected chi connectivity index (χ0v) is 14.8. The lowest BCUT2D eigenvalue weighted by molar-refractivity contribution is -0.117. The summed E-state index contributed by atoms with van der Waals surface area (Å²) in [6.07, 6.45) is 2.47. The number of rotatable bonds is 4. The minimum atomic E-state index is -0.487. The summed E-state index contributed by atoms with van der Waals surface area (Å²) in [5.41, 5.74) is 0.948. The Morgan fingerprint density at radius 1 is 1.44 bits per heavy atom. The second-order valence-corrected chi connectivity index (χ2v) is 8.07. The predicted octanol–water partition coefficient (Wildman–Crippen LogP) is 4.06. The zero-order chi connectivity index (χ0) is 17.6. The van der Waals surface area contributed by atoms with Crippen molar-refractivity contribution in [2.24, 2.45) is 11.1 Å². The maximum Gasteiger partial charge on any atom is 0.227 e. The molecule has 4 rings (SSSR count). The van der Waals surface area contributed by atoms with Crippen LogP contribution >= 0.6 is 11.8 Å². The normalized spacial score (nSPS) is 18.9. The Bertz CT molecular complexity index is 873. The molecule has 1 aromatic carbocycles. The molecule has 0 atom stereocenters. The van der Waals surface area contributed by atoms with Crippen molar-refractivity contribution in [2.45, 2.75) is 44.5 Å². The van der Waals surface area contributed by atoms with Gasteiger partial charge in [0.05, 0.1) is 5.69 Å². The lowest BCUT2D eigenvalue weighted by atomic mass is 10.1. The van der Waals surface area contributed by atoms with Crippen molar-refractivity contribution in [3.63, 3.8) is 0 Å². The van der Waals surface area contributed by atoms with E-state index in [4.69, 9.17) is 9.36 Å². The van der Waals surface area contributed by atoms with Gasteiger partial charge in [-0.25, -0.2) is 4.39 Å². The summed E-state index contributed by atoms with van der Waals surface area (Å²) in [5, 5.41) is 12.2. The third-order valence-electron chi connectivity index (χ3n) is 4.19. The van der Waals surface area contributed by atoms with Crippen LogP contribution in [0.4, 0.5) is 10.1 Å². The van der Waals surface area contributed by atoms with Crippen molar-refractivity contribution in [1.82, 2.24) is 5.16 Å². The lowest BCUT2D eigenvalue weighted by Gasteiger charge is -2.12. The highest BCUT2D eigenvalue weighted by atomic mass is 32.2. The topological polar surface area (TPSA) is 76.7 Å². The summed E-state index contributed by atoms with van der Waals surface area (Å²) >= 11 is 1.50. The van der Waals surface area contributed by atoms with Crippen molar-refractivity contribution in [2.75, 3.05) is 5.32 Å². The molecule has 1 aliphatic heterocycles. The van der Waals surface area contributed by atoms with E-state index in [0.717, 1.165) is 24.3 Å². The Labute approximate surface area is 148 Å².